The van der Waals surface area contributed by atoms with Crippen molar-refractivity contribution >= 4 is 16.0 Å². The second-order valence-electron chi connectivity index (χ2n) is 5.41. The molecule has 154 valence electrons. The Bertz CT molecular complexity index is 684. The SMILES string of the molecule is CCNC(=NCC(O)c1ccc(OC(F)F)cc1)NCCNS(=O)(=O)CC. The average Bonchev–Trinajstić information content (AvgIpc) is 2.63. The highest BCUT2D eigenvalue weighted by atomic mass is 32.2. The number of hydrogen-bond acceptors (Lipinski definition) is 5. The number of aliphatic hydroxyl groups is 1. The van der Waals surface area contributed by atoms with Crippen molar-refractivity contribution < 1.29 is 27.0 Å². The molecule has 0 aliphatic rings. The van der Waals surface area contributed by atoms with E-state index in [1.165, 1.54) is 24.3 Å². The largest absolute Gasteiger partial charge is 0.435 e. The van der Waals surface area contributed by atoms with E-state index in [1.54, 1.807) is 6.92 Å². The molecule has 8 nitrogen and oxygen atoms in total. The minimum absolute atomic E-state index is 0.00832. The van der Waals surface area contributed by atoms with Crippen molar-refractivity contribution in [2.75, 3.05) is 31.9 Å². The molecule has 4 N–H and O–H groups in total. The Kier molecular flexibility index (Phi) is 9.97. The Hall–Kier alpha value is -1.98. The van der Waals surface area contributed by atoms with E-state index in [9.17, 15) is 22.3 Å². The van der Waals surface area contributed by atoms with Crippen molar-refractivity contribution in [3.8, 4) is 5.75 Å². The smallest absolute Gasteiger partial charge is 0.387 e. The Morgan fingerprint density at radius 3 is 2.41 bits per heavy atom. The molecule has 0 aliphatic carbocycles. The molecule has 1 aromatic rings. The van der Waals surface area contributed by atoms with Crippen LogP contribution in [0.5, 0.6) is 5.75 Å². The van der Waals surface area contributed by atoms with Gasteiger partial charge in [-0.25, -0.2) is 13.1 Å². The molecule has 0 radical (unpaired) electrons. The zero-order valence-electron chi connectivity index (χ0n) is 15.3. The molecule has 1 atom stereocenters. The number of benzene rings is 1. The predicted molar refractivity (Wildman–Crippen MR) is 99.5 cm³/mol. The van der Waals surface area contributed by atoms with Crippen LogP contribution in [0.3, 0.4) is 0 Å². The third kappa shape index (κ3) is 9.50. The Labute approximate surface area is 158 Å². The average molecular weight is 408 g/mol. The molecule has 1 rings (SSSR count). The lowest BCUT2D eigenvalue weighted by Crippen LogP contribution is -2.42. The molecular formula is C16H26F2N4O4S. The van der Waals surface area contributed by atoms with Crippen LogP contribution in [0, 0.1) is 0 Å². The fourth-order valence-corrected chi connectivity index (χ4v) is 2.60. The van der Waals surface area contributed by atoms with Crippen LogP contribution in [-0.4, -0.2) is 58.0 Å². The quantitative estimate of drug-likeness (QED) is 0.245. The van der Waals surface area contributed by atoms with Crippen LogP contribution in [0.15, 0.2) is 29.3 Å². The summed E-state index contributed by atoms with van der Waals surface area (Å²) in [6, 6.07) is 5.66. The van der Waals surface area contributed by atoms with Crippen molar-refractivity contribution in [3.63, 3.8) is 0 Å². The zero-order chi connectivity index (χ0) is 20.3. The van der Waals surface area contributed by atoms with Crippen molar-refractivity contribution in [2.45, 2.75) is 26.6 Å². The van der Waals surface area contributed by atoms with E-state index in [0.29, 0.717) is 24.6 Å². The molecule has 0 saturated carbocycles. The number of hydrogen-bond donors (Lipinski definition) is 4. The maximum absolute atomic E-state index is 12.1. The highest BCUT2D eigenvalue weighted by Gasteiger charge is 2.10. The van der Waals surface area contributed by atoms with E-state index >= 15 is 0 Å². The van der Waals surface area contributed by atoms with Crippen molar-refractivity contribution in [1.82, 2.24) is 15.4 Å². The fraction of sp³-hybridized carbons (Fsp3) is 0.562. The first-order chi connectivity index (χ1) is 12.8. The van der Waals surface area contributed by atoms with Crippen LogP contribution in [-0.2, 0) is 10.0 Å². The summed E-state index contributed by atoms with van der Waals surface area (Å²) >= 11 is 0. The molecule has 0 saturated heterocycles. The summed E-state index contributed by atoms with van der Waals surface area (Å²) in [5.74, 6) is 0.438. The molecule has 0 aromatic heterocycles. The van der Waals surface area contributed by atoms with Gasteiger partial charge in [0.2, 0.25) is 10.0 Å². The number of aliphatic hydroxyl groups excluding tert-OH is 1. The molecule has 0 spiro atoms. The molecule has 11 heteroatoms. The Morgan fingerprint density at radius 2 is 1.85 bits per heavy atom. The summed E-state index contributed by atoms with van der Waals surface area (Å²) < 4.78 is 53.7. The van der Waals surface area contributed by atoms with Gasteiger partial charge < -0.3 is 20.5 Å². The first-order valence-corrected chi connectivity index (χ1v) is 10.1. The minimum Gasteiger partial charge on any atom is -0.435 e. The lowest BCUT2D eigenvalue weighted by Gasteiger charge is -2.14. The molecule has 0 amide bonds. The van der Waals surface area contributed by atoms with Gasteiger partial charge in [0.05, 0.1) is 18.4 Å². The number of sulfonamides is 1. The lowest BCUT2D eigenvalue weighted by atomic mass is 10.1. The highest BCUT2D eigenvalue weighted by molar-refractivity contribution is 7.89. The minimum atomic E-state index is -3.25. The van der Waals surface area contributed by atoms with Gasteiger partial charge in [-0.2, -0.15) is 8.78 Å². The molecule has 0 fully saturated rings. The van der Waals surface area contributed by atoms with Crippen molar-refractivity contribution in [3.05, 3.63) is 29.8 Å². The van der Waals surface area contributed by atoms with E-state index in [4.69, 9.17) is 0 Å². The van der Waals surface area contributed by atoms with E-state index in [0.717, 1.165) is 0 Å². The monoisotopic (exact) mass is 408 g/mol. The van der Waals surface area contributed by atoms with Gasteiger partial charge in [-0.05, 0) is 31.5 Å². The predicted octanol–water partition coefficient (Wildman–Crippen LogP) is 0.816. The third-order valence-electron chi connectivity index (χ3n) is 3.38. The molecule has 0 heterocycles. The second-order valence-corrected chi connectivity index (χ2v) is 7.50. The zero-order valence-corrected chi connectivity index (χ0v) is 16.1. The summed E-state index contributed by atoms with van der Waals surface area (Å²) in [7, 11) is -3.25. The van der Waals surface area contributed by atoms with Crippen LogP contribution in [0.1, 0.15) is 25.5 Å². The molecule has 0 aliphatic heterocycles. The van der Waals surface area contributed by atoms with Gasteiger partial charge in [-0.1, -0.05) is 12.1 Å². The molecule has 27 heavy (non-hydrogen) atoms. The van der Waals surface area contributed by atoms with Crippen molar-refractivity contribution in [2.24, 2.45) is 4.99 Å². The summed E-state index contributed by atoms with van der Waals surface area (Å²) in [5.41, 5.74) is 0.506. The van der Waals surface area contributed by atoms with Gasteiger partial charge in [0.25, 0.3) is 0 Å². The molecule has 0 bridgehead atoms. The lowest BCUT2D eigenvalue weighted by molar-refractivity contribution is -0.0498. The summed E-state index contributed by atoms with van der Waals surface area (Å²) in [4.78, 5) is 4.23. The highest BCUT2D eigenvalue weighted by Crippen LogP contribution is 2.19. The van der Waals surface area contributed by atoms with Gasteiger partial charge in [-0.15, -0.1) is 0 Å². The van der Waals surface area contributed by atoms with Gasteiger partial charge >= 0.3 is 6.61 Å². The standard InChI is InChI=1S/C16H26F2N4O4S/c1-3-19-16(20-9-10-22-27(24,25)4-2)21-11-14(23)12-5-7-13(8-6-12)26-15(17)18/h5-8,14-15,22-23H,3-4,9-11H2,1-2H3,(H2,19,20,21). The van der Waals surface area contributed by atoms with E-state index in [1.807, 2.05) is 6.92 Å². The summed E-state index contributed by atoms with van der Waals surface area (Å²) in [6.45, 7) is 1.66. The van der Waals surface area contributed by atoms with Crippen LogP contribution in [0.4, 0.5) is 8.78 Å². The second kappa shape index (κ2) is 11.7. The number of rotatable bonds is 11. The van der Waals surface area contributed by atoms with Gasteiger partial charge in [0, 0.05) is 19.6 Å². The fourth-order valence-electron chi connectivity index (χ4n) is 1.99. The number of nitrogens with one attached hydrogen (secondary N) is 3. The number of aliphatic imine (C=N–C) groups is 1. The van der Waals surface area contributed by atoms with Gasteiger partial charge in [0.15, 0.2) is 5.96 Å². The molecule has 1 aromatic carbocycles. The van der Waals surface area contributed by atoms with Crippen LogP contribution < -0.4 is 20.1 Å². The van der Waals surface area contributed by atoms with Crippen LogP contribution in [0.25, 0.3) is 0 Å². The maximum atomic E-state index is 12.1. The van der Waals surface area contributed by atoms with E-state index in [2.05, 4.69) is 25.1 Å². The topological polar surface area (TPSA) is 112 Å². The van der Waals surface area contributed by atoms with Crippen molar-refractivity contribution in [1.29, 1.82) is 0 Å². The first kappa shape index (κ1) is 23.1. The van der Waals surface area contributed by atoms with Crippen LogP contribution >= 0.6 is 0 Å². The van der Waals surface area contributed by atoms with Crippen LogP contribution in [0.2, 0.25) is 0 Å². The number of ether oxygens (including phenoxy) is 1. The summed E-state index contributed by atoms with van der Waals surface area (Å²) in [6.07, 6.45) is -0.931. The molecule has 1 unspecified atom stereocenters. The maximum Gasteiger partial charge on any atom is 0.387 e. The van der Waals surface area contributed by atoms with Gasteiger partial charge in [-0.3, -0.25) is 4.99 Å². The number of alkyl halides is 2. The number of halogens is 2. The molecular weight excluding hydrogens is 382 g/mol. The third-order valence-corrected chi connectivity index (χ3v) is 4.78. The number of guanidine groups is 1. The van der Waals surface area contributed by atoms with E-state index in [-0.39, 0.29) is 24.6 Å². The Balaban J connectivity index is 2.55. The first-order valence-electron chi connectivity index (χ1n) is 8.49. The van der Waals surface area contributed by atoms with E-state index < -0.39 is 22.7 Å². The summed E-state index contributed by atoms with van der Waals surface area (Å²) in [5, 5.41) is 16.1. The van der Waals surface area contributed by atoms with Gasteiger partial charge in [0.1, 0.15) is 5.75 Å². The Morgan fingerprint density at radius 1 is 1.19 bits per heavy atom. The number of nitrogens with zero attached hydrogens (tertiary/aromatic N) is 1. The normalized spacial score (nSPS) is 13.5.